The summed E-state index contributed by atoms with van der Waals surface area (Å²) in [4.78, 5) is 27.9. The van der Waals surface area contributed by atoms with Crippen molar-refractivity contribution in [2.45, 2.75) is 39.0 Å². The number of phenolic OH excluding ortho intramolecular Hbond substituents is 1. The van der Waals surface area contributed by atoms with Gasteiger partial charge in [-0.25, -0.2) is 0 Å². The van der Waals surface area contributed by atoms with Crippen molar-refractivity contribution in [3.05, 3.63) is 65.7 Å². The van der Waals surface area contributed by atoms with Crippen LogP contribution in [0.3, 0.4) is 0 Å². The van der Waals surface area contributed by atoms with E-state index in [1.165, 1.54) is 0 Å². The number of rotatable bonds is 6. The normalized spacial score (nSPS) is 17.1. The summed E-state index contributed by atoms with van der Waals surface area (Å²) in [7, 11) is 0. The van der Waals surface area contributed by atoms with Crippen LogP contribution in [-0.2, 0) is 4.79 Å². The van der Waals surface area contributed by atoms with Gasteiger partial charge in [-0.1, -0.05) is 50.6 Å². The lowest BCUT2D eigenvalue weighted by molar-refractivity contribution is -0.135. The first-order valence-corrected chi connectivity index (χ1v) is 10.2. The minimum Gasteiger partial charge on any atom is -0.508 e. The molecule has 2 aromatic carbocycles. The topological polar surface area (TPSA) is 57.6 Å². The average Bonchev–Trinajstić information content (AvgIpc) is 2.74. The Bertz CT molecular complexity index is 792. The molecule has 4 heteroatoms. The van der Waals surface area contributed by atoms with Gasteiger partial charge < -0.3 is 10.0 Å². The van der Waals surface area contributed by atoms with Crippen molar-refractivity contribution in [2.75, 3.05) is 13.1 Å². The van der Waals surface area contributed by atoms with Crippen LogP contribution in [0.25, 0.3) is 0 Å². The molecule has 1 aliphatic heterocycles. The number of ketones is 1. The second kappa shape index (κ2) is 9.05. The molecule has 0 bridgehead atoms. The summed E-state index contributed by atoms with van der Waals surface area (Å²) in [6, 6.07) is 16.5. The Kier molecular flexibility index (Phi) is 6.50. The van der Waals surface area contributed by atoms with Gasteiger partial charge in [-0.15, -0.1) is 0 Å². The van der Waals surface area contributed by atoms with Crippen LogP contribution < -0.4 is 0 Å². The van der Waals surface area contributed by atoms with Crippen molar-refractivity contribution < 1.29 is 14.7 Å². The van der Waals surface area contributed by atoms with Crippen molar-refractivity contribution in [1.82, 2.24) is 4.90 Å². The highest BCUT2D eigenvalue weighted by Crippen LogP contribution is 2.31. The monoisotopic (exact) mass is 379 g/mol. The van der Waals surface area contributed by atoms with Crippen LogP contribution >= 0.6 is 0 Å². The van der Waals surface area contributed by atoms with E-state index in [1.54, 1.807) is 24.3 Å². The van der Waals surface area contributed by atoms with Gasteiger partial charge in [0.15, 0.2) is 5.78 Å². The van der Waals surface area contributed by atoms with Gasteiger partial charge >= 0.3 is 0 Å². The average molecular weight is 380 g/mol. The number of piperidine rings is 1. The number of hydrogen-bond donors (Lipinski definition) is 1. The van der Waals surface area contributed by atoms with Crippen molar-refractivity contribution in [1.29, 1.82) is 0 Å². The first-order valence-electron chi connectivity index (χ1n) is 10.2. The largest absolute Gasteiger partial charge is 0.508 e. The smallest absolute Gasteiger partial charge is 0.230 e. The molecule has 0 radical (unpaired) electrons. The number of aromatic hydroxyl groups is 1. The Morgan fingerprint density at radius 3 is 2.21 bits per heavy atom. The summed E-state index contributed by atoms with van der Waals surface area (Å²) in [5.41, 5.74) is 1.70. The van der Waals surface area contributed by atoms with Crippen molar-refractivity contribution in [3.63, 3.8) is 0 Å². The van der Waals surface area contributed by atoms with Gasteiger partial charge in [-0.05, 0) is 48.6 Å². The molecule has 4 nitrogen and oxygen atoms in total. The number of carbonyl (C=O) groups excluding carboxylic acids is 2. The first-order chi connectivity index (χ1) is 13.5. The third-order valence-corrected chi connectivity index (χ3v) is 5.97. The lowest BCUT2D eigenvalue weighted by atomic mass is 9.83. The molecule has 1 heterocycles. The highest BCUT2D eigenvalue weighted by atomic mass is 16.3. The van der Waals surface area contributed by atoms with E-state index in [1.807, 2.05) is 35.2 Å². The molecule has 1 saturated heterocycles. The number of hydrogen-bond acceptors (Lipinski definition) is 3. The third kappa shape index (κ3) is 4.44. The Morgan fingerprint density at radius 1 is 1.04 bits per heavy atom. The van der Waals surface area contributed by atoms with E-state index in [4.69, 9.17) is 0 Å². The minimum atomic E-state index is -0.129. The van der Waals surface area contributed by atoms with Crippen molar-refractivity contribution >= 4 is 11.7 Å². The number of amides is 1. The maximum atomic E-state index is 13.3. The maximum Gasteiger partial charge on any atom is 0.230 e. The SMILES string of the molecule is CCC(C)C(C(=O)N1CCC(C(=O)c2ccc(O)cc2)CC1)c1ccccc1. The lowest BCUT2D eigenvalue weighted by Gasteiger charge is -2.35. The molecule has 1 aliphatic rings. The molecule has 0 spiro atoms. The van der Waals surface area contributed by atoms with Crippen LogP contribution in [0.5, 0.6) is 5.75 Å². The molecule has 28 heavy (non-hydrogen) atoms. The van der Waals surface area contributed by atoms with E-state index < -0.39 is 0 Å². The van der Waals surface area contributed by atoms with Gasteiger partial charge in [0, 0.05) is 24.6 Å². The molecule has 2 unspecified atom stereocenters. The summed E-state index contributed by atoms with van der Waals surface area (Å²) in [6.45, 7) is 5.49. The van der Waals surface area contributed by atoms with E-state index in [2.05, 4.69) is 13.8 Å². The summed E-state index contributed by atoms with van der Waals surface area (Å²) < 4.78 is 0. The van der Waals surface area contributed by atoms with Crippen LogP contribution in [0.2, 0.25) is 0 Å². The molecule has 1 N–H and O–H groups in total. The number of nitrogens with zero attached hydrogens (tertiary/aromatic N) is 1. The quantitative estimate of drug-likeness (QED) is 0.744. The number of carbonyl (C=O) groups is 2. The fourth-order valence-electron chi connectivity index (χ4n) is 4.03. The molecular formula is C24H29NO3. The summed E-state index contributed by atoms with van der Waals surface area (Å²) in [5.74, 6) is 0.521. The fraction of sp³-hybridized carbons (Fsp3) is 0.417. The summed E-state index contributed by atoms with van der Waals surface area (Å²) in [5, 5.41) is 9.40. The molecule has 2 atom stereocenters. The molecule has 0 aliphatic carbocycles. The Morgan fingerprint density at radius 2 is 1.64 bits per heavy atom. The van der Waals surface area contributed by atoms with E-state index in [0.717, 1.165) is 12.0 Å². The van der Waals surface area contributed by atoms with Gasteiger partial charge in [0.2, 0.25) is 5.91 Å². The minimum absolute atomic E-state index is 0.0626. The number of likely N-dealkylation sites (tertiary alicyclic amines) is 1. The zero-order valence-corrected chi connectivity index (χ0v) is 16.7. The molecule has 1 fully saturated rings. The predicted octanol–water partition coefficient (Wildman–Crippen LogP) is 4.64. The van der Waals surface area contributed by atoms with Crippen LogP contribution in [0.4, 0.5) is 0 Å². The molecule has 0 saturated carbocycles. The zero-order chi connectivity index (χ0) is 20.1. The van der Waals surface area contributed by atoms with Gasteiger partial charge in [0.05, 0.1) is 5.92 Å². The van der Waals surface area contributed by atoms with Gasteiger partial charge in [-0.2, -0.15) is 0 Å². The van der Waals surface area contributed by atoms with Crippen molar-refractivity contribution in [3.8, 4) is 5.75 Å². The van der Waals surface area contributed by atoms with Crippen LogP contribution in [0, 0.1) is 11.8 Å². The van der Waals surface area contributed by atoms with E-state index >= 15 is 0 Å². The fourth-order valence-corrected chi connectivity index (χ4v) is 4.03. The Balaban J connectivity index is 1.66. The summed E-state index contributed by atoms with van der Waals surface area (Å²) in [6.07, 6.45) is 2.32. The highest BCUT2D eigenvalue weighted by molar-refractivity contribution is 5.98. The number of phenols is 1. The maximum absolute atomic E-state index is 13.3. The first kappa shape index (κ1) is 20.1. The second-order valence-electron chi connectivity index (χ2n) is 7.78. The number of benzene rings is 2. The molecule has 3 rings (SSSR count). The van der Waals surface area contributed by atoms with Crippen LogP contribution in [-0.4, -0.2) is 34.8 Å². The highest BCUT2D eigenvalue weighted by Gasteiger charge is 2.33. The van der Waals surface area contributed by atoms with Crippen LogP contribution in [0.1, 0.15) is 54.9 Å². The third-order valence-electron chi connectivity index (χ3n) is 5.97. The molecule has 148 valence electrons. The van der Waals surface area contributed by atoms with Gasteiger partial charge in [0.25, 0.3) is 0 Å². The van der Waals surface area contributed by atoms with Gasteiger partial charge in [0.1, 0.15) is 5.75 Å². The summed E-state index contributed by atoms with van der Waals surface area (Å²) >= 11 is 0. The molecule has 0 aromatic heterocycles. The Labute approximate surface area is 167 Å². The number of Topliss-reactive ketones (excluding diaryl/α,β-unsaturated/α-hetero) is 1. The Hall–Kier alpha value is -2.62. The second-order valence-corrected chi connectivity index (χ2v) is 7.78. The van der Waals surface area contributed by atoms with E-state index in [0.29, 0.717) is 31.5 Å². The predicted molar refractivity (Wildman–Crippen MR) is 110 cm³/mol. The van der Waals surface area contributed by atoms with Gasteiger partial charge in [-0.3, -0.25) is 9.59 Å². The standard InChI is InChI=1S/C24H29NO3/c1-3-17(2)22(18-7-5-4-6-8-18)24(28)25-15-13-20(14-16-25)23(27)19-9-11-21(26)12-10-19/h4-12,17,20,22,26H,3,13-16H2,1-2H3. The van der Waals surface area contributed by atoms with E-state index in [9.17, 15) is 14.7 Å². The van der Waals surface area contributed by atoms with E-state index in [-0.39, 0.29) is 35.2 Å². The molecular weight excluding hydrogens is 350 g/mol. The van der Waals surface area contributed by atoms with Crippen LogP contribution in [0.15, 0.2) is 54.6 Å². The van der Waals surface area contributed by atoms with Crippen molar-refractivity contribution in [2.24, 2.45) is 11.8 Å². The molecule has 2 aromatic rings. The molecule has 1 amide bonds. The zero-order valence-electron chi connectivity index (χ0n) is 16.7. The lowest BCUT2D eigenvalue weighted by Crippen LogP contribution is -2.43.